The minimum atomic E-state index is 0.962. The quantitative estimate of drug-likeness (QED) is 0.586. The lowest BCUT2D eigenvalue weighted by atomic mass is 10.1. The van der Waals surface area contributed by atoms with Crippen molar-refractivity contribution in [2.75, 3.05) is 0 Å². The van der Waals surface area contributed by atoms with Crippen molar-refractivity contribution in [2.24, 2.45) is 0 Å². The van der Waals surface area contributed by atoms with Gasteiger partial charge in [-0.25, -0.2) is 0 Å². The SMILES string of the molecule is C=C(C)Cc1ccnc(C)c1. The molecule has 1 heteroatoms. The summed E-state index contributed by atoms with van der Waals surface area (Å²) in [6.45, 7) is 7.90. The zero-order chi connectivity index (χ0) is 8.27. The summed E-state index contributed by atoms with van der Waals surface area (Å²) in [6.07, 6.45) is 2.80. The van der Waals surface area contributed by atoms with E-state index in [0.29, 0.717) is 0 Å². The lowest BCUT2D eigenvalue weighted by Crippen LogP contribution is -1.87. The van der Waals surface area contributed by atoms with Crippen molar-refractivity contribution < 1.29 is 0 Å². The molecule has 1 heterocycles. The predicted octanol–water partition coefficient (Wildman–Crippen LogP) is 2.51. The number of aromatic nitrogens is 1. The molecule has 0 radical (unpaired) electrons. The number of aryl methyl sites for hydroxylation is 1. The second kappa shape index (κ2) is 3.33. The van der Waals surface area contributed by atoms with E-state index in [-0.39, 0.29) is 0 Å². The van der Waals surface area contributed by atoms with E-state index in [4.69, 9.17) is 0 Å². The van der Waals surface area contributed by atoms with Crippen molar-refractivity contribution >= 4 is 0 Å². The van der Waals surface area contributed by atoms with Crippen LogP contribution in [0.2, 0.25) is 0 Å². The highest BCUT2D eigenvalue weighted by Crippen LogP contribution is 2.05. The molecule has 0 fully saturated rings. The zero-order valence-corrected chi connectivity index (χ0v) is 7.09. The average Bonchev–Trinajstić information content (AvgIpc) is 1.85. The average molecular weight is 147 g/mol. The molecule has 0 saturated heterocycles. The van der Waals surface area contributed by atoms with Crippen LogP contribution in [0, 0.1) is 6.92 Å². The lowest BCUT2D eigenvalue weighted by Gasteiger charge is -1.99. The molecule has 1 aromatic rings. The molecule has 0 spiro atoms. The first kappa shape index (κ1) is 7.99. The van der Waals surface area contributed by atoms with Gasteiger partial charge in [-0.15, -0.1) is 0 Å². The van der Waals surface area contributed by atoms with Crippen molar-refractivity contribution in [2.45, 2.75) is 20.3 Å². The number of pyridine rings is 1. The summed E-state index contributed by atoms with van der Waals surface area (Å²) < 4.78 is 0. The van der Waals surface area contributed by atoms with E-state index < -0.39 is 0 Å². The van der Waals surface area contributed by atoms with Gasteiger partial charge in [-0.2, -0.15) is 0 Å². The molecule has 0 atom stereocenters. The molecule has 0 aliphatic rings. The van der Waals surface area contributed by atoms with E-state index in [1.54, 1.807) is 0 Å². The van der Waals surface area contributed by atoms with Gasteiger partial charge in [-0.3, -0.25) is 4.98 Å². The van der Waals surface area contributed by atoms with Crippen LogP contribution in [0.25, 0.3) is 0 Å². The zero-order valence-electron chi connectivity index (χ0n) is 7.09. The molecule has 0 N–H and O–H groups in total. The van der Waals surface area contributed by atoms with Gasteiger partial charge in [0.2, 0.25) is 0 Å². The Hall–Kier alpha value is -1.11. The van der Waals surface area contributed by atoms with E-state index in [0.717, 1.165) is 12.1 Å². The van der Waals surface area contributed by atoms with Crippen molar-refractivity contribution in [3.05, 3.63) is 41.7 Å². The van der Waals surface area contributed by atoms with Gasteiger partial charge in [0.1, 0.15) is 0 Å². The normalized spacial score (nSPS) is 9.64. The van der Waals surface area contributed by atoms with Crippen molar-refractivity contribution in [1.29, 1.82) is 0 Å². The minimum Gasteiger partial charge on any atom is -0.262 e. The third-order valence-corrected chi connectivity index (χ3v) is 1.47. The lowest BCUT2D eigenvalue weighted by molar-refractivity contribution is 1.10. The second-order valence-corrected chi connectivity index (χ2v) is 2.94. The van der Waals surface area contributed by atoms with Crippen molar-refractivity contribution in [3.63, 3.8) is 0 Å². The molecule has 11 heavy (non-hydrogen) atoms. The van der Waals surface area contributed by atoms with Gasteiger partial charge in [0.15, 0.2) is 0 Å². The number of hydrogen-bond acceptors (Lipinski definition) is 1. The molecule has 1 nitrogen and oxygen atoms in total. The highest BCUT2D eigenvalue weighted by Gasteiger charge is 1.92. The van der Waals surface area contributed by atoms with Gasteiger partial charge in [0.05, 0.1) is 0 Å². The maximum Gasteiger partial charge on any atom is 0.0375 e. The van der Waals surface area contributed by atoms with Crippen LogP contribution in [0.5, 0.6) is 0 Å². The first-order valence-corrected chi connectivity index (χ1v) is 3.74. The molecular weight excluding hydrogens is 134 g/mol. The fraction of sp³-hybridized carbons (Fsp3) is 0.300. The Morgan fingerprint density at radius 1 is 1.64 bits per heavy atom. The number of rotatable bonds is 2. The Labute approximate surface area is 67.8 Å². The van der Waals surface area contributed by atoms with E-state index in [2.05, 4.69) is 17.6 Å². The van der Waals surface area contributed by atoms with Gasteiger partial charge < -0.3 is 0 Å². The highest BCUT2D eigenvalue weighted by atomic mass is 14.6. The minimum absolute atomic E-state index is 0.962. The Morgan fingerprint density at radius 3 is 2.91 bits per heavy atom. The number of nitrogens with zero attached hydrogens (tertiary/aromatic N) is 1. The largest absolute Gasteiger partial charge is 0.262 e. The molecule has 0 bridgehead atoms. The molecule has 0 aromatic carbocycles. The van der Waals surface area contributed by atoms with Gasteiger partial charge in [0, 0.05) is 11.9 Å². The van der Waals surface area contributed by atoms with Crippen LogP contribution < -0.4 is 0 Å². The third-order valence-electron chi connectivity index (χ3n) is 1.47. The Balaban J connectivity index is 2.79. The molecule has 1 rings (SSSR count). The molecule has 0 aliphatic carbocycles. The van der Waals surface area contributed by atoms with Crippen LogP contribution >= 0.6 is 0 Å². The van der Waals surface area contributed by atoms with Crippen LogP contribution in [-0.2, 0) is 6.42 Å². The van der Waals surface area contributed by atoms with Crippen LogP contribution in [0.1, 0.15) is 18.2 Å². The van der Waals surface area contributed by atoms with Gasteiger partial charge in [0.25, 0.3) is 0 Å². The molecule has 0 amide bonds. The van der Waals surface area contributed by atoms with Crippen LogP contribution in [0.4, 0.5) is 0 Å². The monoisotopic (exact) mass is 147 g/mol. The summed E-state index contributed by atoms with van der Waals surface area (Å²) in [5.74, 6) is 0. The van der Waals surface area contributed by atoms with Crippen LogP contribution in [-0.4, -0.2) is 4.98 Å². The van der Waals surface area contributed by atoms with Gasteiger partial charge in [-0.1, -0.05) is 12.2 Å². The Morgan fingerprint density at radius 2 is 2.36 bits per heavy atom. The second-order valence-electron chi connectivity index (χ2n) is 2.94. The number of hydrogen-bond donors (Lipinski definition) is 0. The first-order chi connectivity index (χ1) is 5.18. The van der Waals surface area contributed by atoms with Crippen LogP contribution in [0.3, 0.4) is 0 Å². The van der Waals surface area contributed by atoms with Crippen molar-refractivity contribution in [3.8, 4) is 0 Å². The first-order valence-electron chi connectivity index (χ1n) is 3.74. The Kier molecular flexibility index (Phi) is 2.42. The molecule has 0 unspecified atom stereocenters. The van der Waals surface area contributed by atoms with Crippen LogP contribution in [0.15, 0.2) is 30.5 Å². The van der Waals surface area contributed by atoms with E-state index >= 15 is 0 Å². The smallest absolute Gasteiger partial charge is 0.0375 e. The third kappa shape index (κ3) is 2.54. The molecule has 0 saturated carbocycles. The summed E-state index contributed by atoms with van der Waals surface area (Å²) in [5.41, 5.74) is 3.56. The van der Waals surface area contributed by atoms with Crippen molar-refractivity contribution in [1.82, 2.24) is 4.98 Å². The standard InChI is InChI=1S/C10H13N/c1-8(2)6-10-4-5-11-9(3)7-10/h4-5,7H,1,6H2,2-3H3. The summed E-state index contributed by atoms with van der Waals surface area (Å²) in [4.78, 5) is 4.12. The topological polar surface area (TPSA) is 12.9 Å². The maximum absolute atomic E-state index is 4.12. The van der Waals surface area contributed by atoms with E-state index in [1.165, 1.54) is 11.1 Å². The predicted molar refractivity (Wildman–Crippen MR) is 47.5 cm³/mol. The number of allylic oxidation sites excluding steroid dienone is 1. The van der Waals surface area contributed by atoms with E-state index in [9.17, 15) is 0 Å². The summed E-state index contributed by atoms with van der Waals surface area (Å²) in [7, 11) is 0. The summed E-state index contributed by atoms with van der Waals surface area (Å²) in [5, 5.41) is 0. The fourth-order valence-corrected chi connectivity index (χ4v) is 1.06. The summed E-state index contributed by atoms with van der Waals surface area (Å²) in [6, 6.07) is 4.12. The summed E-state index contributed by atoms with van der Waals surface area (Å²) >= 11 is 0. The Bertz CT molecular complexity index is 263. The maximum atomic E-state index is 4.12. The fourth-order valence-electron chi connectivity index (χ4n) is 1.06. The van der Waals surface area contributed by atoms with Gasteiger partial charge in [-0.05, 0) is 38.0 Å². The molecule has 1 aromatic heterocycles. The molecular formula is C10H13N. The van der Waals surface area contributed by atoms with E-state index in [1.807, 2.05) is 26.1 Å². The van der Waals surface area contributed by atoms with Gasteiger partial charge >= 0.3 is 0 Å². The molecule has 0 aliphatic heterocycles. The highest BCUT2D eigenvalue weighted by molar-refractivity contribution is 5.20. The molecule has 58 valence electrons.